The molecule has 1 radical (unpaired) electrons. The van der Waals surface area contributed by atoms with E-state index < -0.39 is 0 Å². The molecule has 1 rings (SSSR count). The first-order valence-electron chi connectivity index (χ1n) is 4.78. The van der Waals surface area contributed by atoms with Gasteiger partial charge in [-0.1, -0.05) is 41.9 Å². The van der Waals surface area contributed by atoms with Gasteiger partial charge in [0.25, 0.3) is 0 Å². The monoisotopic (exact) mass is 281 g/mol. The number of hydrogen-bond donors (Lipinski definition) is 1. The molecule has 1 atom stereocenters. The minimum absolute atomic E-state index is 0.166. The van der Waals surface area contributed by atoms with E-state index in [9.17, 15) is 5.11 Å². The van der Waals surface area contributed by atoms with E-state index in [-0.39, 0.29) is 11.5 Å². The second-order valence-electron chi connectivity index (χ2n) is 3.88. The van der Waals surface area contributed by atoms with Crippen LogP contribution in [0.15, 0.2) is 0 Å². The first-order chi connectivity index (χ1) is 5.71. The van der Waals surface area contributed by atoms with Gasteiger partial charge in [-0.25, -0.2) is 0 Å². The third-order valence-electron chi connectivity index (χ3n) is 3.15. The molecular formula is C10H18IO. The molecule has 71 valence electrons. The highest BCUT2D eigenvalue weighted by atomic mass is 127. The van der Waals surface area contributed by atoms with Crippen molar-refractivity contribution in [3.05, 3.63) is 6.92 Å². The quantitative estimate of drug-likeness (QED) is 0.623. The summed E-state index contributed by atoms with van der Waals surface area (Å²) in [5.74, 6) is 0. The standard InChI is InChI=1S/C10H18IO/c1-9(12)10(7-8-11)5-3-2-4-6-10/h9,12H,1-8H2. The lowest BCUT2D eigenvalue weighted by Crippen LogP contribution is -2.35. The summed E-state index contributed by atoms with van der Waals surface area (Å²) in [5, 5.41) is 9.64. The molecule has 1 saturated carbocycles. The van der Waals surface area contributed by atoms with Crippen LogP contribution < -0.4 is 0 Å². The van der Waals surface area contributed by atoms with Gasteiger partial charge in [0, 0.05) is 4.43 Å². The summed E-state index contributed by atoms with van der Waals surface area (Å²) in [5.41, 5.74) is 0.166. The van der Waals surface area contributed by atoms with Crippen molar-refractivity contribution in [2.45, 2.75) is 44.6 Å². The predicted octanol–water partition coefficient (Wildman–Crippen LogP) is 2.96. The Morgan fingerprint density at radius 2 is 1.92 bits per heavy atom. The van der Waals surface area contributed by atoms with Gasteiger partial charge < -0.3 is 5.11 Å². The fraction of sp³-hybridized carbons (Fsp3) is 0.900. The number of alkyl halides is 1. The fourth-order valence-electron chi connectivity index (χ4n) is 2.19. The molecule has 1 nitrogen and oxygen atoms in total. The Morgan fingerprint density at radius 3 is 2.33 bits per heavy atom. The van der Waals surface area contributed by atoms with Gasteiger partial charge >= 0.3 is 0 Å². The van der Waals surface area contributed by atoms with Crippen molar-refractivity contribution in [3.8, 4) is 0 Å². The van der Waals surface area contributed by atoms with Crippen molar-refractivity contribution in [1.29, 1.82) is 0 Å². The zero-order valence-corrected chi connectivity index (χ0v) is 9.72. The van der Waals surface area contributed by atoms with Crippen LogP contribution in [0.25, 0.3) is 0 Å². The Bertz CT molecular complexity index is 122. The molecule has 12 heavy (non-hydrogen) atoms. The van der Waals surface area contributed by atoms with Crippen molar-refractivity contribution in [3.63, 3.8) is 0 Å². The molecule has 0 heterocycles. The molecule has 0 aromatic heterocycles. The highest BCUT2D eigenvalue weighted by molar-refractivity contribution is 14.1. The molecule has 1 unspecified atom stereocenters. The third kappa shape index (κ3) is 2.34. The van der Waals surface area contributed by atoms with E-state index >= 15 is 0 Å². The molecule has 0 aromatic rings. The lowest BCUT2D eigenvalue weighted by atomic mass is 9.69. The molecule has 0 saturated heterocycles. The number of hydrogen-bond acceptors (Lipinski definition) is 1. The third-order valence-corrected chi connectivity index (χ3v) is 3.69. The van der Waals surface area contributed by atoms with Gasteiger partial charge in [0.2, 0.25) is 0 Å². The van der Waals surface area contributed by atoms with Crippen LogP contribution in [0.2, 0.25) is 0 Å². The van der Waals surface area contributed by atoms with E-state index in [0.29, 0.717) is 0 Å². The molecule has 1 N–H and O–H groups in total. The highest BCUT2D eigenvalue weighted by Gasteiger charge is 2.35. The van der Waals surface area contributed by atoms with Gasteiger partial charge in [-0.15, -0.1) is 0 Å². The molecule has 2 heteroatoms. The van der Waals surface area contributed by atoms with Gasteiger partial charge in [-0.05, 0) is 31.6 Å². The van der Waals surface area contributed by atoms with Gasteiger partial charge in [0.05, 0.1) is 6.10 Å². The topological polar surface area (TPSA) is 20.2 Å². The Labute approximate surface area is 89.1 Å². The molecule has 1 aliphatic rings. The summed E-state index contributed by atoms with van der Waals surface area (Å²) in [6, 6.07) is 0. The average Bonchev–Trinajstić information content (AvgIpc) is 2.06. The van der Waals surface area contributed by atoms with Crippen LogP contribution in [0.1, 0.15) is 38.5 Å². The minimum Gasteiger partial charge on any atom is -0.393 e. The number of rotatable bonds is 3. The molecular weight excluding hydrogens is 263 g/mol. The summed E-state index contributed by atoms with van der Waals surface area (Å²) in [6.45, 7) is 3.81. The predicted molar refractivity (Wildman–Crippen MR) is 60.4 cm³/mol. The fourth-order valence-corrected chi connectivity index (χ4v) is 3.27. The van der Waals surface area contributed by atoms with Gasteiger partial charge in [0.1, 0.15) is 0 Å². The van der Waals surface area contributed by atoms with Crippen LogP contribution in [0.5, 0.6) is 0 Å². The van der Waals surface area contributed by atoms with E-state index in [0.717, 1.165) is 10.8 Å². The molecule has 0 aromatic carbocycles. The van der Waals surface area contributed by atoms with Crippen LogP contribution >= 0.6 is 22.6 Å². The lowest BCUT2D eigenvalue weighted by Gasteiger charge is -2.39. The van der Waals surface area contributed by atoms with Crippen LogP contribution in [-0.2, 0) is 0 Å². The molecule has 0 amide bonds. The first kappa shape index (κ1) is 10.8. The number of aliphatic hydroxyl groups excluding tert-OH is 1. The maximum atomic E-state index is 9.64. The maximum absolute atomic E-state index is 9.64. The zero-order valence-electron chi connectivity index (χ0n) is 7.56. The van der Waals surface area contributed by atoms with E-state index in [2.05, 4.69) is 29.5 Å². The van der Waals surface area contributed by atoms with E-state index in [1.165, 1.54) is 32.1 Å². The first-order valence-corrected chi connectivity index (χ1v) is 6.31. The van der Waals surface area contributed by atoms with Crippen molar-refractivity contribution in [2.75, 3.05) is 4.43 Å². The average molecular weight is 281 g/mol. The van der Waals surface area contributed by atoms with Gasteiger partial charge in [-0.3, -0.25) is 0 Å². The molecule has 0 aliphatic heterocycles. The summed E-state index contributed by atoms with van der Waals surface area (Å²) in [7, 11) is 0. The Balaban J connectivity index is 2.56. The molecule has 0 spiro atoms. The van der Waals surface area contributed by atoms with E-state index in [4.69, 9.17) is 0 Å². The van der Waals surface area contributed by atoms with E-state index in [1.54, 1.807) is 0 Å². The Kier molecular flexibility index (Phi) is 4.30. The summed E-state index contributed by atoms with van der Waals surface area (Å²) >= 11 is 2.39. The largest absolute Gasteiger partial charge is 0.393 e. The summed E-state index contributed by atoms with van der Waals surface area (Å²) in [6.07, 6.45) is 7.05. The van der Waals surface area contributed by atoms with Crippen LogP contribution in [0, 0.1) is 12.3 Å². The smallest absolute Gasteiger partial charge is 0.0597 e. The van der Waals surface area contributed by atoms with Crippen molar-refractivity contribution < 1.29 is 5.11 Å². The summed E-state index contributed by atoms with van der Waals surface area (Å²) in [4.78, 5) is 0. The van der Waals surface area contributed by atoms with Crippen LogP contribution in [0.4, 0.5) is 0 Å². The molecule has 0 bridgehead atoms. The summed E-state index contributed by atoms with van der Waals surface area (Å²) < 4.78 is 1.14. The second-order valence-corrected chi connectivity index (χ2v) is 4.96. The second kappa shape index (κ2) is 4.80. The normalized spacial score (nSPS) is 25.2. The van der Waals surface area contributed by atoms with Crippen molar-refractivity contribution in [1.82, 2.24) is 0 Å². The van der Waals surface area contributed by atoms with Crippen LogP contribution in [0.3, 0.4) is 0 Å². The number of halogens is 1. The SMILES string of the molecule is [CH2]C(O)C1(CCI)CCCCC1. The van der Waals surface area contributed by atoms with E-state index in [1.807, 2.05) is 0 Å². The molecule has 1 fully saturated rings. The van der Waals surface area contributed by atoms with Crippen molar-refractivity contribution >= 4 is 22.6 Å². The Morgan fingerprint density at radius 1 is 1.33 bits per heavy atom. The highest BCUT2D eigenvalue weighted by Crippen LogP contribution is 2.42. The number of aliphatic hydroxyl groups is 1. The van der Waals surface area contributed by atoms with Gasteiger partial charge in [-0.2, -0.15) is 0 Å². The lowest BCUT2D eigenvalue weighted by molar-refractivity contribution is 0.0245. The minimum atomic E-state index is -0.354. The maximum Gasteiger partial charge on any atom is 0.0597 e. The van der Waals surface area contributed by atoms with Crippen molar-refractivity contribution in [2.24, 2.45) is 5.41 Å². The van der Waals surface area contributed by atoms with Gasteiger partial charge in [0.15, 0.2) is 0 Å². The molecule has 1 aliphatic carbocycles. The zero-order chi connectivity index (χ0) is 9.03. The van der Waals surface area contributed by atoms with Crippen LogP contribution in [-0.4, -0.2) is 15.6 Å². The Hall–Kier alpha value is 0.690.